The maximum absolute atomic E-state index is 12.1. The molecular formula is C23H36N4O2. The van der Waals surface area contributed by atoms with Crippen LogP contribution in [0.1, 0.15) is 51.9 Å². The molecule has 2 aliphatic rings. The van der Waals surface area contributed by atoms with Gasteiger partial charge in [0.25, 0.3) is 0 Å². The third-order valence-electron chi connectivity index (χ3n) is 5.77. The average Bonchev–Trinajstić information content (AvgIpc) is 3.25. The van der Waals surface area contributed by atoms with Gasteiger partial charge in [0.1, 0.15) is 11.9 Å². The molecule has 1 saturated carbocycles. The zero-order valence-electron chi connectivity index (χ0n) is 17.7. The second kappa shape index (κ2) is 11.7. The molecule has 29 heavy (non-hydrogen) atoms. The summed E-state index contributed by atoms with van der Waals surface area (Å²) in [5.74, 6) is 2.65. The molecule has 6 heteroatoms. The van der Waals surface area contributed by atoms with Crippen molar-refractivity contribution in [2.45, 2.75) is 58.0 Å². The molecule has 1 saturated heterocycles. The van der Waals surface area contributed by atoms with Crippen LogP contribution in [0.3, 0.4) is 0 Å². The van der Waals surface area contributed by atoms with Gasteiger partial charge in [-0.2, -0.15) is 0 Å². The number of benzene rings is 1. The highest BCUT2D eigenvalue weighted by Gasteiger charge is 2.23. The molecule has 0 atom stereocenters. The lowest BCUT2D eigenvalue weighted by molar-refractivity contribution is -0.121. The molecule has 0 bridgehead atoms. The Bertz CT molecular complexity index is 636. The summed E-state index contributed by atoms with van der Waals surface area (Å²) in [6, 6.07) is 10.0. The van der Waals surface area contributed by atoms with E-state index in [9.17, 15) is 4.79 Å². The van der Waals surface area contributed by atoms with Crippen molar-refractivity contribution >= 4 is 11.9 Å². The summed E-state index contributed by atoms with van der Waals surface area (Å²) < 4.78 is 6.09. The molecule has 1 aliphatic heterocycles. The Hall–Kier alpha value is -2.24. The number of rotatable bonds is 8. The van der Waals surface area contributed by atoms with Gasteiger partial charge in [0.2, 0.25) is 5.91 Å². The standard InChI is InChI=1S/C23H36N4O2/c1-2-24-23(26-15-14-25-22(28)18-19-8-6-7-9-19)27-16-12-21(13-17-27)29-20-10-4-3-5-11-20/h3-5,10-11,19,21H,2,6-9,12-18H2,1H3,(H,24,26)(H,25,28). The average molecular weight is 401 g/mol. The Labute approximate surface area is 175 Å². The zero-order valence-corrected chi connectivity index (χ0v) is 17.7. The van der Waals surface area contributed by atoms with Crippen LogP contribution in [0.2, 0.25) is 0 Å². The van der Waals surface area contributed by atoms with E-state index < -0.39 is 0 Å². The molecule has 0 spiro atoms. The summed E-state index contributed by atoms with van der Waals surface area (Å²) in [7, 11) is 0. The molecule has 1 aromatic rings. The number of nitrogens with one attached hydrogen (secondary N) is 2. The number of carbonyl (C=O) groups excluding carboxylic acids is 1. The first-order valence-corrected chi connectivity index (χ1v) is 11.3. The van der Waals surface area contributed by atoms with Crippen LogP contribution in [0.4, 0.5) is 0 Å². The SMILES string of the molecule is CCNC(=NCCNC(=O)CC1CCCC1)N1CCC(Oc2ccccc2)CC1. The highest BCUT2D eigenvalue weighted by molar-refractivity contribution is 5.80. The lowest BCUT2D eigenvalue weighted by Gasteiger charge is -2.34. The fraction of sp³-hybridized carbons (Fsp3) is 0.652. The Morgan fingerprint density at radius 1 is 1.10 bits per heavy atom. The number of guanidine groups is 1. The maximum atomic E-state index is 12.1. The van der Waals surface area contributed by atoms with Gasteiger partial charge in [-0.15, -0.1) is 0 Å². The number of hydrogen-bond donors (Lipinski definition) is 2. The molecule has 2 N–H and O–H groups in total. The number of ether oxygens (including phenoxy) is 1. The van der Waals surface area contributed by atoms with E-state index in [1.165, 1.54) is 25.7 Å². The van der Waals surface area contributed by atoms with Crippen molar-refractivity contribution < 1.29 is 9.53 Å². The number of para-hydroxylation sites is 1. The molecule has 0 unspecified atom stereocenters. The van der Waals surface area contributed by atoms with E-state index in [0.717, 1.165) is 44.2 Å². The number of aliphatic imine (C=N–C) groups is 1. The van der Waals surface area contributed by atoms with Crippen LogP contribution >= 0.6 is 0 Å². The fourth-order valence-corrected chi connectivity index (χ4v) is 4.21. The van der Waals surface area contributed by atoms with E-state index in [2.05, 4.69) is 22.5 Å². The first-order valence-electron chi connectivity index (χ1n) is 11.3. The summed E-state index contributed by atoms with van der Waals surface area (Å²) >= 11 is 0. The van der Waals surface area contributed by atoms with Crippen LogP contribution in [0.5, 0.6) is 5.75 Å². The molecule has 6 nitrogen and oxygen atoms in total. The quantitative estimate of drug-likeness (QED) is 0.400. The van der Waals surface area contributed by atoms with E-state index in [0.29, 0.717) is 25.4 Å². The molecule has 3 rings (SSSR count). The molecule has 0 radical (unpaired) electrons. The minimum absolute atomic E-state index is 0.177. The number of carbonyl (C=O) groups is 1. The number of hydrogen-bond acceptors (Lipinski definition) is 3. The number of piperidine rings is 1. The van der Waals surface area contributed by atoms with Gasteiger partial charge < -0.3 is 20.3 Å². The minimum atomic E-state index is 0.177. The normalized spacial score (nSPS) is 18.7. The smallest absolute Gasteiger partial charge is 0.220 e. The van der Waals surface area contributed by atoms with Crippen LogP contribution in [-0.4, -0.2) is 55.6 Å². The molecule has 0 aromatic heterocycles. The lowest BCUT2D eigenvalue weighted by atomic mass is 10.0. The van der Waals surface area contributed by atoms with Crippen molar-refractivity contribution in [3.8, 4) is 5.75 Å². The summed E-state index contributed by atoms with van der Waals surface area (Å²) in [6.45, 7) is 6.00. The number of nitrogens with zero attached hydrogens (tertiary/aromatic N) is 2. The maximum Gasteiger partial charge on any atom is 0.220 e. The van der Waals surface area contributed by atoms with E-state index in [4.69, 9.17) is 9.73 Å². The van der Waals surface area contributed by atoms with Crippen molar-refractivity contribution in [3.05, 3.63) is 30.3 Å². The van der Waals surface area contributed by atoms with E-state index in [1.807, 2.05) is 30.3 Å². The van der Waals surface area contributed by atoms with Crippen molar-refractivity contribution in [3.63, 3.8) is 0 Å². The van der Waals surface area contributed by atoms with Crippen molar-refractivity contribution in [1.29, 1.82) is 0 Å². The monoisotopic (exact) mass is 400 g/mol. The Balaban J connectivity index is 1.39. The van der Waals surface area contributed by atoms with Gasteiger partial charge in [-0.05, 0) is 37.8 Å². The summed E-state index contributed by atoms with van der Waals surface area (Å²) in [4.78, 5) is 19.1. The first-order chi connectivity index (χ1) is 14.2. The van der Waals surface area contributed by atoms with Gasteiger partial charge in [-0.25, -0.2) is 0 Å². The number of amides is 1. The largest absolute Gasteiger partial charge is 0.490 e. The van der Waals surface area contributed by atoms with Gasteiger partial charge >= 0.3 is 0 Å². The van der Waals surface area contributed by atoms with Crippen molar-refractivity contribution in [2.24, 2.45) is 10.9 Å². The van der Waals surface area contributed by atoms with E-state index >= 15 is 0 Å². The topological polar surface area (TPSA) is 66.0 Å². The summed E-state index contributed by atoms with van der Waals surface area (Å²) in [5, 5.41) is 6.42. The predicted molar refractivity (Wildman–Crippen MR) is 117 cm³/mol. The molecule has 160 valence electrons. The molecule has 1 aliphatic carbocycles. The Morgan fingerprint density at radius 3 is 2.52 bits per heavy atom. The summed E-state index contributed by atoms with van der Waals surface area (Å²) in [6.07, 6.45) is 7.88. The van der Waals surface area contributed by atoms with Gasteiger partial charge in [-0.3, -0.25) is 9.79 Å². The predicted octanol–water partition coefficient (Wildman–Crippen LogP) is 3.19. The Morgan fingerprint density at radius 2 is 1.83 bits per heavy atom. The highest BCUT2D eigenvalue weighted by atomic mass is 16.5. The highest BCUT2D eigenvalue weighted by Crippen LogP contribution is 2.27. The second-order valence-corrected chi connectivity index (χ2v) is 8.06. The van der Waals surface area contributed by atoms with Gasteiger partial charge in [0, 0.05) is 45.4 Å². The van der Waals surface area contributed by atoms with Crippen LogP contribution in [0.15, 0.2) is 35.3 Å². The van der Waals surface area contributed by atoms with Crippen molar-refractivity contribution in [1.82, 2.24) is 15.5 Å². The molecule has 1 heterocycles. The zero-order chi connectivity index (χ0) is 20.3. The van der Waals surface area contributed by atoms with Crippen LogP contribution in [0, 0.1) is 5.92 Å². The lowest BCUT2D eigenvalue weighted by Crippen LogP contribution is -2.47. The van der Waals surface area contributed by atoms with Crippen LogP contribution < -0.4 is 15.4 Å². The summed E-state index contributed by atoms with van der Waals surface area (Å²) in [5.41, 5.74) is 0. The molecular weight excluding hydrogens is 364 g/mol. The van der Waals surface area contributed by atoms with Gasteiger partial charge in [-0.1, -0.05) is 31.0 Å². The molecule has 1 amide bonds. The van der Waals surface area contributed by atoms with E-state index in [1.54, 1.807) is 0 Å². The second-order valence-electron chi connectivity index (χ2n) is 8.06. The number of likely N-dealkylation sites (tertiary alicyclic amines) is 1. The third kappa shape index (κ3) is 7.26. The van der Waals surface area contributed by atoms with Gasteiger partial charge in [0.15, 0.2) is 5.96 Å². The van der Waals surface area contributed by atoms with Crippen LogP contribution in [-0.2, 0) is 4.79 Å². The fourth-order valence-electron chi connectivity index (χ4n) is 4.21. The first kappa shape index (κ1) is 21.5. The van der Waals surface area contributed by atoms with Crippen molar-refractivity contribution in [2.75, 3.05) is 32.7 Å². The molecule has 1 aromatic carbocycles. The Kier molecular flexibility index (Phi) is 8.65. The van der Waals surface area contributed by atoms with Gasteiger partial charge in [0.05, 0.1) is 6.54 Å². The van der Waals surface area contributed by atoms with E-state index in [-0.39, 0.29) is 12.0 Å². The minimum Gasteiger partial charge on any atom is -0.490 e. The third-order valence-corrected chi connectivity index (χ3v) is 5.77. The molecule has 2 fully saturated rings. The van der Waals surface area contributed by atoms with Crippen LogP contribution in [0.25, 0.3) is 0 Å².